The lowest BCUT2D eigenvalue weighted by Crippen LogP contribution is -1.78. The molecule has 0 saturated heterocycles. The fourth-order valence-corrected chi connectivity index (χ4v) is 0.362. The lowest BCUT2D eigenvalue weighted by Gasteiger charge is -1.85. The van der Waals surface area contributed by atoms with Gasteiger partial charge in [-0.05, 0) is 6.42 Å². The summed E-state index contributed by atoms with van der Waals surface area (Å²) in [6.45, 7) is 1.98. The predicted molar refractivity (Wildman–Crippen MR) is 44.0 cm³/mol. The average Bonchev–Trinajstić information content (AvgIpc) is 2.04. The molecule has 0 amide bonds. The van der Waals surface area contributed by atoms with Gasteiger partial charge in [0.1, 0.15) is 0 Å². The highest BCUT2D eigenvalue weighted by atomic mass is 16.3. The maximum absolute atomic E-state index is 8.36. The van der Waals surface area contributed by atoms with Crippen LogP contribution >= 0.6 is 0 Å². The zero-order chi connectivity index (χ0) is 10.2. The number of hydrogen-bond donors (Lipinski definition) is 3. The molecule has 0 aromatic rings. The summed E-state index contributed by atoms with van der Waals surface area (Å²) in [6.07, 6.45) is 3.33. The van der Waals surface area contributed by atoms with Crippen molar-refractivity contribution in [3.63, 3.8) is 0 Å². The first-order valence-corrected chi connectivity index (χ1v) is 3.51. The van der Waals surface area contributed by atoms with Crippen molar-refractivity contribution in [2.24, 2.45) is 0 Å². The van der Waals surface area contributed by atoms with E-state index in [1.165, 1.54) is 6.42 Å². The van der Waals surface area contributed by atoms with E-state index < -0.39 is 0 Å². The molecule has 3 N–H and O–H groups in total. The molecule has 0 rings (SSSR count). The van der Waals surface area contributed by atoms with Crippen molar-refractivity contribution >= 4 is 12.9 Å². The second-order valence-electron chi connectivity index (χ2n) is 1.64. The second kappa shape index (κ2) is 32.7. The summed E-state index contributed by atoms with van der Waals surface area (Å²) in [5.41, 5.74) is 0. The van der Waals surface area contributed by atoms with Gasteiger partial charge in [-0.1, -0.05) is 19.8 Å². The molecule has 74 valence electrons. The van der Waals surface area contributed by atoms with Gasteiger partial charge in [0.15, 0.2) is 0 Å². The molecule has 0 heterocycles. The number of aliphatic hydroxyl groups excluding tert-OH is 1. The second-order valence-corrected chi connectivity index (χ2v) is 1.64. The zero-order valence-corrected chi connectivity index (χ0v) is 7.14. The highest BCUT2D eigenvalue weighted by molar-refractivity contribution is 5.32. The topological polar surface area (TPSA) is 94.8 Å². The number of carboxylic acid groups (broad SMARTS) is 2. The fraction of sp³-hybridized carbons (Fsp3) is 0.714. The monoisotopic (exact) mass is 180 g/mol. The number of unbranched alkanes of at least 4 members (excludes halogenated alkanes) is 2. The Morgan fingerprint density at radius 1 is 1.08 bits per heavy atom. The molecule has 12 heavy (non-hydrogen) atoms. The Hall–Kier alpha value is -1.10. The Bertz CT molecular complexity index is 64.2. The maximum Gasteiger partial charge on any atom is 0.290 e. The Kier molecular flexibility index (Phi) is 46.6. The molecule has 0 unspecified atom stereocenters. The van der Waals surface area contributed by atoms with Gasteiger partial charge in [-0.15, -0.1) is 0 Å². The highest BCUT2D eigenvalue weighted by Crippen LogP contribution is 1.89. The SMILES string of the molecule is CCCCCO.O=CO.O=CO. The molecule has 0 radical (unpaired) electrons. The Balaban J connectivity index is -0.000000115. The van der Waals surface area contributed by atoms with E-state index in [0.29, 0.717) is 6.61 Å². The van der Waals surface area contributed by atoms with Gasteiger partial charge in [0.25, 0.3) is 12.9 Å². The van der Waals surface area contributed by atoms with Crippen LogP contribution in [0.3, 0.4) is 0 Å². The summed E-state index contributed by atoms with van der Waals surface area (Å²) < 4.78 is 0. The molecular weight excluding hydrogens is 164 g/mol. The van der Waals surface area contributed by atoms with Crippen LogP contribution in [0.15, 0.2) is 0 Å². The van der Waals surface area contributed by atoms with Crippen molar-refractivity contribution in [1.82, 2.24) is 0 Å². The van der Waals surface area contributed by atoms with Crippen molar-refractivity contribution in [1.29, 1.82) is 0 Å². The number of hydrogen-bond acceptors (Lipinski definition) is 3. The fourth-order valence-electron chi connectivity index (χ4n) is 0.362. The smallest absolute Gasteiger partial charge is 0.290 e. The van der Waals surface area contributed by atoms with E-state index in [1.807, 2.05) is 0 Å². The van der Waals surface area contributed by atoms with Gasteiger partial charge >= 0.3 is 0 Å². The molecule has 0 spiro atoms. The predicted octanol–water partition coefficient (Wildman–Crippen LogP) is 0.570. The Morgan fingerprint density at radius 3 is 1.50 bits per heavy atom. The molecule has 5 heteroatoms. The summed E-state index contributed by atoms with van der Waals surface area (Å²) in [7, 11) is 0. The van der Waals surface area contributed by atoms with Crippen LogP contribution in [0.25, 0.3) is 0 Å². The highest BCUT2D eigenvalue weighted by Gasteiger charge is 1.76. The lowest BCUT2D eigenvalue weighted by molar-refractivity contribution is -0.123. The van der Waals surface area contributed by atoms with Gasteiger partial charge in [-0.3, -0.25) is 9.59 Å². The van der Waals surface area contributed by atoms with Crippen LogP contribution in [0.2, 0.25) is 0 Å². The van der Waals surface area contributed by atoms with Crippen LogP contribution in [0.4, 0.5) is 0 Å². The van der Waals surface area contributed by atoms with Gasteiger partial charge in [0.05, 0.1) is 0 Å². The van der Waals surface area contributed by atoms with Crippen LogP contribution < -0.4 is 0 Å². The lowest BCUT2D eigenvalue weighted by atomic mass is 10.3. The van der Waals surface area contributed by atoms with E-state index in [2.05, 4.69) is 6.92 Å². The number of aliphatic hydroxyl groups is 1. The van der Waals surface area contributed by atoms with Crippen molar-refractivity contribution in [3.8, 4) is 0 Å². The minimum Gasteiger partial charge on any atom is -0.483 e. The van der Waals surface area contributed by atoms with Crippen molar-refractivity contribution < 1.29 is 24.9 Å². The normalized spacial score (nSPS) is 6.50. The van der Waals surface area contributed by atoms with Crippen LogP contribution in [0, 0.1) is 0 Å². The minimum absolute atomic E-state index is 0.250. The van der Waals surface area contributed by atoms with Crippen LogP contribution in [-0.2, 0) is 9.59 Å². The summed E-state index contributed by atoms with van der Waals surface area (Å²) in [5, 5.41) is 22.0. The molecule has 0 aromatic carbocycles. The van der Waals surface area contributed by atoms with Gasteiger partial charge < -0.3 is 15.3 Å². The van der Waals surface area contributed by atoms with Gasteiger partial charge in [0.2, 0.25) is 0 Å². The molecule has 5 nitrogen and oxygen atoms in total. The van der Waals surface area contributed by atoms with Crippen LogP contribution in [0.1, 0.15) is 26.2 Å². The maximum atomic E-state index is 8.36. The quantitative estimate of drug-likeness (QED) is 0.436. The van der Waals surface area contributed by atoms with E-state index in [1.54, 1.807) is 0 Å². The first kappa shape index (κ1) is 17.1. The molecular formula is C7H16O5. The summed E-state index contributed by atoms with van der Waals surface area (Å²) in [5.74, 6) is 0. The van der Waals surface area contributed by atoms with Gasteiger partial charge in [0, 0.05) is 6.61 Å². The molecule has 0 fully saturated rings. The zero-order valence-electron chi connectivity index (χ0n) is 7.14. The summed E-state index contributed by atoms with van der Waals surface area (Å²) >= 11 is 0. The molecule has 0 atom stereocenters. The first-order chi connectivity index (χ1) is 5.74. The van der Waals surface area contributed by atoms with Gasteiger partial charge in [-0.2, -0.15) is 0 Å². The van der Waals surface area contributed by atoms with E-state index in [-0.39, 0.29) is 12.9 Å². The molecule has 0 aliphatic rings. The van der Waals surface area contributed by atoms with Crippen molar-refractivity contribution in [2.75, 3.05) is 6.61 Å². The molecule has 0 aliphatic heterocycles. The molecule has 0 aromatic heterocycles. The van der Waals surface area contributed by atoms with E-state index >= 15 is 0 Å². The Labute approximate surface area is 71.6 Å². The molecule has 0 saturated carbocycles. The van der Waals surface area contributed by atoms with Gasteiger partial charge in [-0.25, -0.2) is 0 Å². The van der Waals surface area contributed by atoms with Crippen LogP contribution in [-0.4, -0.2) is 34.9 Å². The third-order valence-electron chi connectivity index (χ3n) is 0.762. The largest absolute Gasteiger partial charge is 0.483 e. The van der Waals surface area contributed by atoms with Crippen molar-refractivity contribution in [2.45, 2.75) is 26.2 Å². The van der Waals surface area contributed by atoms with Crippen LogP contribution in [0.5, 0.6) is 0 Å². The van der Waals surface area contributed by atoms with Crippen molar-refractivity contribution in [3.05, 3.63) is 0 Å². The van der Waals surface area contributed by atoms with E-state index in [4.69, 9.17) is 24.9 Å². The Morgan fingerprint density at radius 2 is 1.42 bits per heavy atom. The standard InChI is InChI=1S/C5H12O.2CH2O2/c1-2-3-4-5-6;2*2-1-3/h6H,2-5H2,1H3;2*1H,(H,2,3). The van der Waals surface area contributed by atoms with E-state index in [0.717, 1.165) is 12.8 Å². The summed E-state index contributed by atoms with van der Waals surface area (Å²) in [4.78, 5) is 16.7. The third-order valence-corrected chi connectivity index (χ3v) is 0.762. The van der Waals surface area contributed by atoms with E-state index in [9.17, 15) is 0 Å². The minimum atomic E-state index is -0.250. The summed E-state index contributed by atoms with van der Waals surface area (Å²) in [6, 6.07) is 0. The average molecular weight is 180 g/mol. The molecule has 0 bridgehead atoms. The number of carbonyl (C=O) groups is 2. The molecule has 0 aliphatic carbocycles. The number of rotatable bonds is 3. The first-order valence-electron chi connectivity index (χ1n) is 3.51. The third kappa shape index (κ3) is 154.